The summed E-state index contributed by atoms with van der Waals surface area (Å²) < 4.78 is 61.0. The molecule has 0 aliphatic carbocycles. The van der Waals surface area contributed by atoms with Gasteiger partial charge in [0.25, 0.3) is 0 Å². The van der Waals surface area contributed by atoms with Gasteiger partial charge in [-0.1, -0.05) is 6.07 Å². The molecule has 1 atom stereocenters. The quantitative estimate of drug-likeness (QED) is 0.613. The van der Waals surface area contributed by atoms with Crippen molar-refractivity contribution in [1.82, 2.24) is 0 Å². The largest absolute Gasteiger partial charge is 0.509 e. The van der Waals surface area contributed by atoms with E-state index in [2.05, 4.69) is 0 Å². The molecule has 2 rings (SSSR count). The Hall–Kier alpha value is -1.24. The van der Waals surface area contributed by atoms with Crippen LogP contribution in [0.25, 0.3) is 0 Å². The van der Waals surface area contributed by atoms with Gasteiger partial charge in [-0.3, -0.25) is 0 Å². The SMILES string of the molecule is Fc1ccc([B-](F)(F)F)cc1OCC1CCOC1. The van der Waals surface area contributed by atoms with Gasteiger partial charge in [0, 0.05) is 12.5 Å². The van der Waals surface area contributed by atoms with Crippen molar-refractivity contribution in [1.29, 1.82) is 0 Å². The van der Waals surface area contributed by atoms with Crippen molar-refractivity contribution in [2.24, 2.45) is 5.92 Å². The molecule has 1 heterocycles. The first-order valence-electron chi connectivity index (χ1n) is 5.67. The van der Waals surface area contributed by atoms with Gasteiger partial charge in [0.1, 0.15) is 0 Å². The van der Waals surface area contributed by atoms with E-state index in [4.69, 9.17) is 9.47 Å². The van der Waals surface area contributed by atoms with Crippen LogP contribution < -0.4 is 10.2 Å². The molecule has 0 bridgehead atoms. The van der Waals surface area contributed by atoms with Gasteiger partial charge in [-0.05, 0) is 18.6 Å². The van der Waals surface area contributed by atoms with Crippen molar-refractivity contribution in [3.63, 3.8) is 0 Å². The molecule has 1 saturated heterocycles. The van der Waals surface area contributed by atoms with Crippen LogP contribution in [-0.2, 0) is 4.74 Å². The van der Waals surface area contributed by atoms with Gasteiger partial charge in [0.2, 0.25) is 0 Å². The third-order valence-electron chi connectivity index (χ3n) is 2.83. The molecule has 1 aromatic rings. The van der Waals surface area contributed by atoms with Crippen LogP contribution in [0, 0.1) is 11.7 Å². The summed E-state index contributed by atoms with van der Waals surface area (Å²) in [4.78, 5) is 0. The van der Waals surface area contributed by atoms with Gasteiger partial charge >= 0.3 is 6.98 Å². The van der Waals surface area contributed by atoms with Crippen LogP contribution in [0.2, 0.25) is 0 Å². The summed E-state index contributed by atoms with van der Waals surface area (Å²) in [5.74, 6) is -1.01. The van der Waals surface area contributed by atoms with E-state index in [1.165, 1.54) is 0 Å². The number of benzene rings is 1. The second kappa shape index (κ2) is 5.18. The molecule has 0 radical (unpaired) electrons. The summed E-state index contributed by atoms with van der Waals surface area (Å²) in [7, 11) is 0. The summed E-state index contributed by atoms with van der Waals surface area (Å²) in [5, 5.41) is 0. The second-order valence-corrected chi connectivity index (χ2v) is 4.31. The average molecular weight is 263 g/mol. The third-order valence-corrected chi connectivity index (χ3v) is 2.83. The van der Waals surface area contributed by atoms with E-state index in [1.807, 2.05) is 0 Å². The molecular weight excluding hydrogens is 251 g/mol. The van der Waals surface area contributed by atoms with E-state index in [-0.39, 0.29) is 18.3 Å². The molecule has 0 N–H and O–H groups in total. The van der Waals surface area contributed by atoms with Crippen LogP contribution in [0.1, 0.15) is 6.42 Å². The Kier molecular flexibility index (Phi) is 3.80. The monoisotopic (exact) mass is 263 g/mol. The van der Waals surface area contributed by atoms with E-state index in [0.717, 1.165) is 18.6 Å². The van der Waals surface area contributed by atoms with E-state index in [9.17, 15) is 17.3 Å². The van der Waals surface area contributed by atoms with Crippen LogP contribution in [0.3, 0.4) is 0 Å². The number of hydrogen-bond donors (Lipinski definition) is 0. The molecule has 0 amide bonds. The lowest BCUT2D eigenvalue weighted by Crippen LogP contribution is -2.34. The maximum Gasteiger partial charge on any atom is 0.509 e. The number of ether oxygens (including phenoxy) is 2. The molecule has 1 unspecified atom stereocenters. The van der Waals surface area contributed by atoms with Crippen LogP contribution in [0.4, 0.5) is 17.3 Å². The molecule has 1 aliphatic heterocycles. The van der Waals surface area contributed by atoms with Crippen LogP contribution in [0.15, 0.2) is 18.2 Å². The van der Waals surface area contributed by atoms with Gasteiger partial charge < -0.3 is 22.4 Å². The summed E-state index contributed by atoms with van der Waals surface area (Å²) in [6, 6.07) is 2.22. The van der Waals surface area contributed by atoms with Gasteiger partial charge in [0.05, 0.1) is 13.2 Å². The van der Waals surface area contributed by atoms with Crippen molar-refractivity contribution in [3.8, 4) is 5.75 Å². The molecule has 0 saturated carbocycles. The van der Waals surface area contributed by atoms with Crippen molar-refractivity contribution in [2.75, 3.05) is 19.8 Å². The van der Waals surface area contributed by atoms with Gasteiger partial charge in [-0.15, -0.1) is 5.46 Å². The number of rotatable bonds is 4. The predicted octanol–water partition coefficient (Wildman–Crippen LogP) is 2.30. The summed E-state index contributed by atoms with van der Waals surface area (Å²) >= 11 is 0. The van der Waals surface area contributed by atoms with Crippen LogP contribution in [-0.4, -0.2) is 26.8 Å². The Morgan fingerprint density at radius 3 is 2.72 bits per heavy atom. The molecule has 100 valence electrons. The normalized spacial score (nSPS) is 20.1. The zero-order valence-electron chi connectivity index (χ0n) is 9.54. The summed E-state index contributed by atoms with van der Waals surface area (Å²) in [6.45, 7) is -3.85. The first kappa shape index (κ1) is 13.2. The first-order valence-corrected chi connectivity index (χ1v) is 5.67. The molecule has 1 fully saturated rings. The highest BCUT2D eigenvalue weighted by Crippen LogP contribution is 2.21. The average Bonchev–Trinajstić information content (AvgIpc) is 2.79. The van der Waals surface area contributed by atoms with E-state index < -0.39 is 18.3 Å². The Morgan fingerprint density at radius 1 is 1.33 bits per heavy atom. The van der Waals surface area contributed by atoms with Crippen molar-refractivity contribution < 1.29 is 26.8 Å². The van der Waals surface area contributed by atoms with Crippen molar-refractivity contribution in [3.05, 3.63) is 24.0 Å². The topological polar surface area (TPSA) is 18.5 Å². The van der Waals surface area contributed by atoms with Crippen molar-refractivity contribution in [2.45, 2.75) is 6.42 Å². The molecule has 1 aliphatic rings. The lowest BCUT2D eigenvalue weighted by atomic mass is 9.80. The van der Waals surface area contributed by atoms with Gasteiger partial charge in [-0.2, -0.15) is 0 Å². The van der Waals surface area contributed by atoms with E-state index >= 15 is 0 Å². The minimum atomic E-state index is -5.14. The fraction of sp³-hybridized carbons (Fsp3) is 0.455. The Morgan fingerprint density at radius 2 is 2.11 bits per heavy atom. The van der Waals surface area contributed by atoms with Crippen LogP contribution >= 0.6 is 0 Å². The first-order chi connectivity index (χ1) is 8.47. The molecular formula is C11H12BF4O2-. The number of hydrogen-bond acceptors (Lipinski definition) is 2. The zero-order valence-corrected chi connectivity index (χ0v) is 9.54. The standard InChI is InChI=1S/C11H12BF4O2/c13-10-2-1-9(12(14,15)16)5-11(10)18-7-8-3-4-17-6-8/h1-2,5,8H,3-4,6-7H2/q-1. The molecule has 18 heavy (non-hydrogen) atoms. The molecule has 1 aromatic carbocycles. The van der Waals surface area contributed by atoms with Crippen LogP contribution in [0.5, 0.6) is 5.75 Å². The van der Waals surface area contributed by atoms with Gasteiger partial charge in [-0.25, -0.2) is 4.39 Å². The fourth-order valence-electron chi connectivity index (χ4n) is 1.76. The minimum absolute atomic E-state index is 0.115. The highest BCUT2D eigenvalue weighted by molar-refractivity contribution is 6.73. The molecule has 0 spiro atoms. The summed E-state index contributed by atoms with van der Waals surface area (Å²) in [6.07, 6.45) is 0.782. The smallest absolute Gasteiger partial charge is 0.490 e. The summed E-state index contributed by atoms with van der Waals surface area (Å²) in [5.41, 5.74) is -0.853. The maximum atomic E-state index is 13.3. The lowest BCUT2D eigenvalue weighted by molar-refractivity contribution is 0.165. The predicted molar refractivity (Wildman–Crippen MR) is 59.5 cm³/mol. The molecule has 7 heteroatoms. The third kappa shape index (κ3) is 3.16. The molecule has 2 nitrogen and oxygen atoms in total. The molecule has 0 aromatic heterocycles. The highest BCUT2D eigenvalue weighted by Gasteiger charge is 2.26. The maximum absolute atomic E-state index is 13.3. The Balaban J connectivity index is 2.06. The number of halogens is 4. The fourth-order valence-corrected chi connectivity index (χ4v) is 1.76. The van der Waals surface area contributed by atoms with E-state index in [1.54, 1.807) is 0 Å². The lowest BCUT2D eigenvalue weighted by Gasteiger charge is -2.17. The zero-order chi connectivity index (χ0) is 13.2. The second-order valence-electron chi connectivity index (χ2n) is 4.31. The Bertz CT molecular complexity index is 416. The van der Waals surface area contributed by atoms with Gasteiger partial charge in [0.15, 0.2) is 11.6 Å². The van der Waals surface area contributed by atoms with Crippen molar-refractivity contribution >= 4 is 12.4 Å². The van der Waals surface area contributed by atoms with E-state index in [0.29, 0.717) is 19.3 Å². The highest BCUT2D eigenvalue weighted by atomic mass is 19.4. The minimum Gasteiger partial charge on any atom is -0.490 e. The Labute approximate surface area is 102 Å².